The zero-order valence-corrected chi connectivity index (χ0v) is 20.8. The fourth-order valence-corrected chi connectivity index (χ4v) is 5.83. The maximum absolute atomic E-state index is 13.0. The van der Waals surface area contributed by atoms with Gasteiger partial charge in [-0.3, -0.25) is 9.69 Å². The van der Waals surface area contributed by atoms with E-state index in [1.54, 1.807) is 6.92 Å². The quantitative estimate of drug-likeness (QED) is 0.533. The van der Waals surface area contributed by atoms with E-state index >= 15 is 0 Å². The molecular weight excluding hydrogens is 442 g/mol. The first kappa shape index (κ1) is 25.6. The smallest absolute Gasteiger partial charge is 0.338 e. The van der Waals surface area contributed by atoms with Crippen molar-refractivity contribution in [3.05, 3.63) is 29.8 Å². The lowest BCUT2D eigenvalue weighted by Crippen LogP contribution is -2.52. The Hall–Kier alpha value is -1.97. The predicted octanol–water partition coefficient (Wildman–Crippen LogP) is 2.45. The van der Waals surface area contributed by atoms with E-state index in [1.165, 1.54) is 35.0 Å². The lowest BCUT2D eigenvalue weighted by atomic mass is 9.96. The van der Waals surface area contributed by atoms with Crippen molar-refractivity contribution in [2.75, 3.05) is 52.4 Å². The van der Waals surface area contributed by atoms with Crippen LogP contribution in [0, 0.1) is 11.8 Å². The molecule has 1 aromatic rings. The van der Waals surface area contributed by atoms with Crippen LogP contribution in [0.3, 0.4) is 0 Å². The molecule has 0 aliphatic carbocycles. The third kappa shape index (κ3) is 6.55. The van der Waals surface area contributed by atoms with Crippen LogP contribution in [0.25, 0.3) is 0 Å². The number of piperidine rings is 1. The van der Waals surface area contributed by atoms with Gasteiger partial charge in [0, 0.05) is 45.2 Å². The average Bonchev–Trinajstić information content (AvgIpc) is 2.83. The maximum Gasteiger partial charge on any atom is 0.338 e. The molecule has 1 aromatic carbocycles. The van der Waals surface area contributed by atoms with Gasteiger partial charge in [-0.05, 0) is 62.9 Å². The van der Waals surface area contributed by atoms with Gasteiger partial charge in [0.05, 0.1) is 17.1 Å². The van der Waals surface area contributed by atoms with Crippen molar-refractivity contribution in [3.63, 3.8) is 0 Å². The third-order valence-electron chi connectivity index (χ3n) is 6.51. The molecule has 2 aliphatic rings. The molecule has 2 saturated heterocycles. The number of hydrogen-bond acceptors (Lipinski definition) is 6. The molecule has 2 heterocycles. The van der Waals surface area contributed by atoms with E-state index in [0.717, 1.165) is 32.7 Å². The van der Waals surface area contributed by atoms with Crippen LogP contribution < -0.4 is 0 Å². The van der Waals surface area contributed by atoms with Crippen molar-refractivity contribution in [1.82, 2.24) is 14.1 Å². The van der Waals surface area contributed by atoms with Crippen LogP contribution in [0.2, 0.25) is 0 Å². The van der Waals surface area contributed by atoms with Crippen LogP contribution in [0.1, 0.15) is 50.4 Å². The highest BCUT2D eigenvalue weighted by Crippen LogP contribution is 2.26. The molecule has 1 amide bonds. The second kappa shape index (κ2) is 11.4. The molecule has 9 heteroatoms. The van der Waals surface area contributed by atoms with E-state index in [1.807, 2.05) is 4.90 Å². The minimum Gasteiger partial charge on any atom is -0.462 e. The van der Waals surface area contributed by atoms with E-state index in [9.17, 15) is 18.0 Å². The van der Waals surface area contributed by atoms with E-state index < -0.39 is 16.0 Å². The van der Waals surface area contributed by atoms with E-state index in [0.29, 0.717) is 37.4 Å². The van der Waals surface area contributed by atoms with Crippen molar-refractivity contribution >= 4 is 21.9 Å². The largest absolute Gasteiger partial charge is 0.462 e. The first-order chi connectivity index (χ1) is 15.7. The van der Waals surface area contributed by atoms with Gasteiger partial charge in [0.15, 0.2) is 0 Å². The summed E-state index contributed by atoms with van der Waals surface area (Å²) >= 11 is 0. The number of nitrogens with zero attached hydrogens (tertiary/aromatic N) is 3. The molecule has 33 heavy (non-hydrogen) atoms. The topological polar surface area (TPSA) is 87.2 Å². The van der Waals surface area contributed by atoms with Gasteiger partial charge in [-0.2, -0.15) is 4.31 Å². The zero-order chi connectivity index (χ0) is 24.0. The summed E-state index contributed by atoms with van der Waals surface area (Å²) in [6, 6.07) is 5.83. The van der Waals surface area contributed by atoms with Crippen LogP contribution in [-0.2, 0) is 19.6 Å². The second-order valence-electron chi connectivity index (χ2n) is 9.27. The molecular formula is C24H37N3O5S. The maximum atomic E-state index is 13.0. The number of hydrogen-bond donors (Lipinski definition) is 0. The summed E-state index contributed by atoms with van der Waals surface area (Å²) < 4.78 is 32.4. The molecule has 0 aromatic heterocycles. The van der Waals surface area contributed by atoms with Crippen molar-refractivity contribution in [3.8, 4) is 0 Å². The monoisotopic (exact) mass is 479 g/mol. The SMILES string of the molecule is CCOC(=O)c1ccc(S(=O)(=O)N2CCC(C(=O)N3CCN(CCC(C)C)CC3)CC2)cc1. The number of esters is 1. The van der Waals surface area contributed by atoms with Gasteiger partial charge in [0.2, 0.25) is 15.9 Å². The summed E-state index contributed by atoms with van der Waals surface area (Å²) in [5.74, 6) is 0.252. The second-order valence-corrected chi connectivity index (χ2v) is 11.2. The highest BCUT2D eigenvalue weighted by Gasteiger charge is 2.34. The molecule has 0 spiro atoms. The molecule has 8 nitrogen and oxygen atoms in total. The lowest BCUT2D eigenvalue weighted by molar-refractivity contribution is -0.138. The lowest BCUT2D eigenvalue weighted by Gasteiger charge is -2.38. The Bertz CT molecular complexity index is 901. The first-order valence-corrected chi connectivity index (χ1v) is 13.4. The van der Waals surface area contributed by atoms with Gasteiger partial charge >= 0.3 is 5.97 Å². The number of carbonyl (C=O) groups excluding carboxylic acids is 2. The molecule has 184 valence electrons. The van der Waals surface area contributed by atoms with E-state index in [4.69, 9.17) is 4.74 Å². The number of amides is 1. The summed E-state index contributed by atoms with van der Waals surface area (Å²) in [6.07, 6.45) is 2.24. The van der Waals surface area contributed by atoms with Gasteiger partial charge in [-0.1, -0.05) is 13.8 Å². The van der Waals surface area contributed by atoms with Crippen LogP contribution in [0.5, 0.6) is 0 Å². The molecule has 2 fully saturated rings. The van der Waals surface area contributed by atoms with Gasteiger partial charge in [-0.25, -0.2) is 13.2 Å². The molecule has 0 unspecified atom stereocenters. The Morgan fingerprint density at radius 3 is 2.15 bits per heavy atom. The van der Waals surface area contributed by atoms with Gasteiger partial charge < -0.3 is 9.64 Å². The average molecular weight is 480 g/mol. The highest BCUT2D eigenvalue weighted by atomic mass is 32.2. The molecule has 2 aliphatic heterocycles. The van der Waals surface area contributed by atoms with Crippen LogP contribution in [0.4, 0.5) is 0 Å². The number of rotatable bonds is 8. The van der Waals surface area contributed by atoms with Crippen LogP contribution >= 0.6 is 0 Å². The number of piperazine rings is 1. The normalized spacial score (nSPS) is 19.1. The number of ether oxygens (including phenoxy) is 1. The summed E-state index contributed by atoms with van der Waals surface area (Å²) in [4.78, 5) is 29.3. The standard InChI is InChI=1S/C24H37N3O5S/c1-4-32-24(29)21-5-7-22(8-6-21)33(30,31)27-13-10-20(11-14-27)23(28)26-17-15-25(16-18-26)12-9-19(2)3/h5-8,19-20H,4,9-18H2,1-3H3. The molecule has 0 N–H and O–H groups in total. The minimum absolute atomic E-state index is 0.121. The van der Waals surface area contributed by atoms with Gasteiger partial charge in [-0.15, -0.1) is 0 Å². The Morgan fingerprint density at radius 2 is 1.61 bits per heavy atom. The molecule has 3 rings (SSSR count). The van der Waals surface area contributed by atoms with Gasteiger partial charge in [0.25, 0.3) is 0 Å². The fourth-order valence-electron chi connectivity index (χ4n) is 4.36. The molecule has 0 atom stereocenters. The van der Waals surface area contributed by atoms with E-state index in [2.05, 4.69) is 18.7 Å². The van der Waals surface area contributed by atoms with Crippen molar-refractivity contribution < 1.29 is 22.7 Å². The third-order valence-corrected chi connectivity index (χ3v) is 8.43. The summed E-state index contributed by atoms with van der Waals surface area (Å²) in [5.41, 5.74) is 0.324. The summed E-state index contributed by atoms with van der Waals surface area (Å²) in [6.45, 7) is 11.5. The Kier molecular flexibility index (Phi) is 8.89. The van der Waals surface area contributed by atoms with Crippen molar-refractivity contribution in [2.45, 2.75) is 44.9 Å². The molecule has 0 bridgehead atoms. The Balaban J connectivity index is 1.51. The minimum atomic E-state index is -3.66. The number of benzene rings is 1. The fraction of sp³-hybridized carbons (Fsp3) is 0.667. The zero-order valence-electron chi connectivity index (χ0n) is 20.0. The van der Waals surface area contributed by atoms with Crippen molar-refractivity contribution in [1.29, 1.82) is 0 Å². The van der Waals surface area contributed by atoms with Crippen molar-refractivity contribution in [2.24, 2.45) is 11.8 Å². The number of carbonyl (C=O) groups is 2. The predicted molar refractivity (Wildman–Crippen MR) is 126 cm³/mol. The highest BCUT2D eigenvalue weighted by molar-refractivity contribution is 7.89. The summed E-state index contributed by atoms with van der Waals surface area (Å²) in [5, 5.41) is 0. The van der Waals surface area contributed by atoms with Crippen LogP contribution in [-0.4, -0.2) is 86.8 Å². The first-order valence-electron chi connectivity index (χ1n) is 12.0. The summed E-state index contributed by atoms with van der Waals surface area (Å²) in [7, 11) is -3.66. The Labute approximate surface area is 197 Å². The Morgan fingerprint density at radius 1 is 1.00 bits per heavy atom. The molecule has 0 saturated carbocycles. The van der Waals surface area contributed by atoms with Gasteiger partial charge in [0.1, 0.15) is 0 Å². The number of sulfonamides is 1. The van der Waals surface area contributed by atoms with E-state index in [-0.39, 0.29) is 23.3 Å². The molecule has 0 radical (unpaired) electrons. The van der Waals surface area contributed by atoms with Crippen LogP contribution in [0.15, 0.2) is 29.2 Å².